The van der Waals surface area contributed by atoms with Gasteiger partial charge in [-0.3, -0.25) is 0 Å². The quantitative estimate of drug-likeness (QED) is 0.870. The van der Waals surface area contributed by atoms with Gasteiger partial charge in [-0.25, -0.2) is 14.8 Å². The summed E-state index contributed by atoms with van der Waals surface area (Å²) in [4.78, 5) is 20.0. The molecule has 0 bridgehead atoms. The monoisotopic (exact) mass is 281 g/mol. The maximum atomic E-state index is 11.5. The minimum atomic E-state index is -0.466. The Balaban J connectivity index is 2.31. The van der Waals surface area contributed by atoms with E-state index >= 15 is 0 Å². The highest BCUT2D eigenvalue weighted by Crippen LogP contribution is 2.33. The molecule has 0 saturated carbocycles. The second-order valence-electron chi connectivity index (χ2n) is 3.43. The Morgan fingerprint density at radius 3 is 2.94 bits per heavy atom. The van der Waals surface area contributed by atoms with E-state index in [2.05, 4.69) is 14.7 Å². The van der Waals surface area contributed by atoms with Crippen molar-refractivity contribution in [3.63, 3.8) is 0 Å². The molecule has 0 saturated heterocycles. The first-order chi connectivity index (χ1) is 8.61. The number of nitrogens with two attached hydrogens (primary N) is 1. The van der Waals surface area contributed by atoms with Crippen LogP contribution in [-0.2, 0) is 4.74 Å². The Kier molecular flexibility index (Phi) is 3.83. The molecule has 0 unspecified atom stereocenters. The molecule has 2 aromatic heterocycles. The Hall–Kier alpha value is -1.60. The number of esters is 1. The minimum Gasteiger partial charge on any atom is -0.465 e. The molecule has 2 rings (SSSR count). The van der Waals surface area contributed by atoms with Gasteiger partial charge in [0.25, 0.3) is 0 Å². The number of carbonyl (C=O) groups excluding carboxylic acids is 1. The number of aromatic nitrogens is 2. The number of pyridine rings is 1. The van der Waals surface area contributed by atoms with Crippen molar-refractivity contribution in [2.75, 3.05) is 12.8 Å². The van der Waals surface area contributed by atoms with Gasteiger partial charge in [-0.15, -0.1) is 11.3 Å². The average molecular weight is 281 g/mol. The van der Waals surface area contributed by atoms with Crippen LogP contribution in [0.1, 0.15) is 16.1 Å². The Morgan fingerprint density at radius 2 is 2.33 bits per heavy atom. The molecule has 7 heteroatoms. The van der Waals surface area contributed by atoms with Crippen LogP contribution in [0.3, 0.4) is 0 Å². The van der Waals surface area contributed by atoms with Crippen LogP contribution in [0, 0.1) is 6.92 Å². The zero-order valence-electron chi connectivity index (χ0n) is 9.84. The molecule has 0 fully saturated rings. The molecular formula is C11H11N3O2S2. The van der Waals surface area contributed by atoms with Gasteiger partial charge < -0.3 is 10.5 Å². The first-order valence-corrected chi connectivity index (χ1v) is 6.74. The van der Waals surface area contributed by atoms with Crippen LogP contribution in [0.2, 0.25) is 0 Å². The van der Waals surface area contributed by atoms with E-state index < -0.39 is 5.97 Å². The van der Waals surface area contributed by atoms with Gasteiger partial charge in [-0.1, -0.05) is 0 Å². The predicted octanol–water partition coefficient (Wildman–Crippen LogP) is 2.37. The van der Waals surface area contributed by atoms with Crippen LogP contribution < -0.4 is 5.73 Å². The zero-order chi connectivity index (χ0) is 13.1. The summed E-state index contributed by atoms with van der Waals surface area (Å²) < 4.78 is 5.50. The van der Waals surface area contributed by atoms with E-state index in [9.17, 15) is 4.79 Å². The fourth-order valence-corrected chi connectivity index (χ4v) is 3.07. The van der Waals surface area contributed by atoms with Crippen molar-refractivity contribution < 1.29 is 9.53 Å². The molecule has 2 aromatic rings. The van der Waals surface area contributed by atoms with Gasteiger partial charge in [0, 0.05) is 17.3 Å². The van der Waals surface area contributed by atoms with Crippen molar-refractivity contribution in [1.29, 1.82) is 0 Å². The van der Waals surface area contributed by atoms with E-state index in [1.54, 1.807) is 6.07 Å². The number of aryl methyl sites for hydroxylation is 1. The molecule has 2 heterocycles. The lowest BCUT2D eigenvalue weighted by Gasteiger charge is -2.06. The van der Waals surface area contributed by atoms with Crippen molar-refractivity contribution in [2.45, 2.75) is 16.3 Å². The average Bonchev–Trinajstić information content (AvgIpc) is 2.76. The molecule has 94 valence electrons. The predicted molar refractivity (Wildman–Crippen MR) is 71.0 cm³/mol. The number of hydrogen-bond acceptors (Lipinski definition) is 7. The number of anilines is 1. The number of hydrogen-bond donors (Lipinski definition) is 1. The standard InChI is InChI=1S/C11H11N3O2S2/c1-6-5-17-11(14-6)18-9-8(12)7(3-4-13-9)10(15)16-2/h3-5H,12H2,1-2H3. The molecular weight excluding hydrogens is 270 g/mol. The van der Waals surface area contributed by atoms with E-state index in [1.807, 2.05) is 12.3 Å². The SMILES string of the molecule is COC(=O)c1ccnc(Sc2nc(C)cs2)c1N. The van der Waals surface area contributed by atoms with Crippen molar-refractivity contribution in [3.8, 4) is 0 Å². The summed E-state index contributed by atoms with van der Waals surface area (Å²) in [6, 6.07) is 1.54. The normalized spacial score (nSPS) is 10.3. The molecule has 2 N–H and O–H groups in total. The topological polar surface area (TPSA) is 78.1 Å². The highest BCUT2D eigenvalue weighted by molar-refractivity contribution is 8.01. The number of thiazole rings is 1. The lowest BCUT2D eigenvalue weighted by Crippen LogP contribution is -2.07. The molecule has 0 aromatic carbocycles. The van der Waals surface area contributed by atoms with Crippen LogP contribution >= 0.6 is 23.1 Å². The number of carbonyl (C=O) groups is 1. The van der Waals surface area contributed by atoms with Crippen LogP contribution in [-0.4, -0.2) is 23.0 Å². The fourth-order valence-electron chi connectivity index (χ4n) is 1.29. The Bertz CT molecular complexity index is 583. The van der Waals surface area contributed by atoms with Gasteiger partial charge >= 0.3 is 5.97 Å². The van der Waals surface area contributed by atoms with Gasteiger partial charge in [-0.2, -0.15) is 0 Å². The van der Waals surface area contributed by atoms with Crippen LogP contribution in [0.4, 0.5) is 5.69 Å². The van der Waals surface area contributed by atoms with Gasteiger partial charge in [-0.05, 0) is 24.8 Å². The largest absolute Gasteiger partial charge is 0.465 e. The molecule has 5 nitrogen and oxygen atoms in total. The Morgan fingerprint density at radius 1 is 1.56 bits per heavy atom. The number of rotatable bonds is 3. The summed E-state index contributed by atoms with van der Waals surface area (Å²) in [5.41, 5.74) is 7.50. The van der Waals surface area contributed by atoms with Crippen LogP contribution in [0.15, 0.2) is 27.0 Å². The third kappa shape index (κ3) is 2.62. The highest BCUT2D eigenvalue weighted by atomic mass is 32.2. The lowest BCUT2D eigenvalue weighted by atomic mass is 10.2. The van der Waals surface area contributed by atoms with E-state index in [0.29, 0.717) is 16.3 Å². The second kappa shape index (κ2) is 5.36. The third-order valence-electron chi connectivity index (χ3n) is 2.14. The van der Waals surface area contributed by atoms with Gasteiger partial charge in [0.1, 0.15) is 5.03 Å². The first-order valence-electron chi connectivity index (χ1n) is 5.04. The van der Waals surface area contributed by atoms with Gasteiger partial charge in [0.2, 0.25) is 0 Å². The fraction of sp³-hybridized carbons (Fsp3) is 0.182. The number of ether oxygens (including phenoxy) is 1. The Labute approximate surface area is 112 Å². The van der Waals surface area contributed by atoms with E-state index in [4.69, 9.17) is 5.73 Å². The number of nitrogens with zero attached hydrogens (tertiary/aromatic N) is 2. The second-order valence-corrected chi connectivity index (χ2v) is 5.52. The molecule has 18 heavy (non-hydrogen) atoms. The van der Waals surface area contributed by atoms with Gasteiger partial charge in [0.15, 0.2) is 4.34 Å². The number of methoxy groups -OCH3 is 1. The van der Waals surface area contributed by atoms with Crippen molar-refractivity contribution >= 4 is 34.8 Å². The third-order valence-corrected chi connectivity index (χ3v) is 4.22. The maximum absolute atomic E-state index is 11.5. The molecule has 0 aliphatic rings. The zero-order valence-corrected chi connectivity index (χ0v) is 11.5. The molecule has 0 radical (unpaired) electrons. The summed E-state index contributed by atoms with van der Waals surface area (Å²) in [6.07, 6.45) is 1.53. The highest BCUT2D eigenvalue weighted by Gasteiger charge is 2.15. The van der Waals surface area contributed by atoms with E-state index in [-0.39, 0.29) is 0 Å². The molecule has 0 aliphatic carbocycles. The smallest absolute Gasteiger partial charge is 0.340 e. The van der Waals surface area contributed by atoms with Crippen molar-refractivity contribution in [3.05, 3.63) is 28.9 Å². The molecule has 0 atom stereocenters. The molecule has 0 amide bonds. The van der Waals surface area contributed by atoms with Crippen molar-refractivity contribution in [2.24, 2.45) is 0 Å². The first kappa shape index (κ1) is 12.8. The summed E-state index contributed by atoms with van der Waals surface area (Å²) in [6.45, 7) is 1.92. The van der Waals surface area contributed by atoms with E-state index in [0.717, 1.165) is 10.0 Å². The summed E-state index contributed by atoms with van der Waals surface area (Å²) in [5, 5.41) is 2.51. The molecule has 0 spiro atoms. The maximum Gasteiger partial charge on any atom is 0.340 e. The lowest BCUT2D eigenvalue weighted by molar-refractivity contribution is 0.0601. The summed E-state index contributed by atoms with van der Waals surface area (Å²) in [5.74, 6) is -0.466. The van der Waals surface area contributed by atoms with Crippen LogP contribution in [0.5, 0.6) is 0 Å². The molecule has 0 aliphatic heterocycles. The summed E-state index contributed by atoms with van der Waals surface area (Å²) >= 11 is 2.85. The van der Waals surface area contributed by atoms with Gasteiger partial charge in [0.05, 0.1) is 18.4 Å². The number of nitrogen functional groups attached to an aromatic ring is 1. The minimum absolute atomic E-state index is 0.321. The van der Waals surface area contributed by atoms with Crippen molar-refractivity contribution in [1.82, 2.24) is 9.97 Å². The summed E-state index contributed by atoms with van der Waals surface area (Å²) in [7, 11) is 1.32. The van der Waals surface area contributed by atoms with Crippen LogP contribution in [0.25, 0.3) is 0 Å². The van der Waals surface area contributed by atoms with E-state index in [1.165, 1.54) is 36.4 Å².